The molecule has 0 aliphatic heterocycles. The lowest BCUT2D eigenvalue weighted by molar-refractivity contribution is -0.870. The zero-order valence-corrected chi connectivity index (χ0v) is 52.8. The zero-order chi connectivity index (χ0) is 57.0. The van der Waals surface area contributed by atoms with Gasteiger partial charge in [-0.05, 0) is 83.5 Å². The van der Waals surface area contributed by atoms with E-state index in [1.807, 2.05) is 21.1 Å². The van der Waals surface area contributed by atoms with Crippen molar-refractivity contribution in [2.24, 2.45) is 0 Å². The molecule has 0 aromatic rings. The molecule has 0 saturated heterocycles. The van der Waals surface area contributed by atoms with E-state index in [0.29, 0.717) is 17.4 Å². The number of unbranched alkanes of at least 4 members (excludes halogenated alkanes) is 37. The Bertz CT molecular complexity index is 1500. The summed E-state index contributed by atoms with van der Waals surface area (Å²) in [5, 5.41) is 0. The first-order chi connectivity index (χ1) is 38.0. The number of hydrogen-bond acceptors (Lipinski definition) is 7. The highest BCUT2D eigenvalue weighted by molar-refractivity contribution is 7.47. The topological polar surface area (TPSA) is 108 Å². The van der Waals surface area contributed by atoms with Crippen LogP contribution < -0.4 is 0 Å². The van der Waals surface area contributed by atoms with Crippen molar-refractivity contribution in [3.63, 3.8) is 0 Å². The van der Waals surface area contributed by atoms with E-state index in [1.165, 1.54) is 199 Å². The van der Waals surface area contributed by atoms with E-state index >= 15 is 0 Å². The minimum Gasteiger partial charge on any atom is -0.462 e. The van der Waals surface area contributed by atoms with Gasteiger partial charge >= 0.3 is 19.8 Å². The minimum atomic E-state index is -4.39. The number of esters is 2. The van der Waals surface area contributed by atoms with Crippen molar-refractivity contribution in [3.8, 4) is 0 Å². The Morgan fingerprint density at radius 2 is 0.692 bits per heavy atom. The van der Waals surface area contributed by atoms with Crippen molar-refractivity contribution >= 4 is 19.8 Å². The molecule has 2 unspecified atom stereocenters. The number of carbonyl (C=O) groups is 2. The van der Waals surface area contributed by atoms with Crippen molar-refractivity contribution in [3.05, 3.63) is 60.8 Å². The molecule has 0 radical (unpaired) electrons. The van der Waals surface area contributed by atoms with Crippen LogP contribution in [0.1, 0.15) is 309 Å². The number of likely N-dealkylation sites (N-methyl/N-ethyl adjacent to an activating group) is 1. The van der Waals surface area contributed by atoms with Gasteiger partial charge < -0.3 is 18.9 Å². The van der Waals surface area contributed by atoms with Crippen molar-refractivity contribution in [2.45, 2.75) is 315 Å². The lowest BCUT2D eigenvalue weighted by Gasteiger charge is -2.24. The van der Waals surface area contributed by atoms with E-state index in [-0.39, 0.29) is 32.0 Å². The van der Waals surface area contributed by atoms with E-state index in [0.717, 1.165) is 77.0 Å². The molecule has 9 nitrogen and oxygen atoms in total. The first-order valence-electron chi connectivity index (χ1n) is 33.0. The third-order valence-electron chi connectivity index (χ3n) is 14.5. The summed E-state index contributed by atoms with van der Waals surface area (Å²) in [6.07, 6.45) is 77.5. The molecule has 456 valence electrons. The Morgan fingerprint density at radius 3 is 1.05 bits per heavy atom. The van der Waals surface area contributed by atoms with Gasteiger partial charge in [-0.25, -0.2) is 4.57 Å². The maximum atomic E-state index is 12.8. The molecule has 0 aromatic carbocycles. The van der Waals surface area contributed by atoms with Crippen LogP contribution in [0.2, 0.25) is 0 Å². The number of nitrogens with zero attached hydrogens (tertiary/aromatic N) is 1. The number of carbonyl (C=O) groups excluding carboxylic acids is 2. The molecule has 2 atom stereocenters. The quantitative estimate of drug-likeness (QED) is 0.0211. The number of phosphoric acid groups is 1. The SMILES string of the molecule is CCCCC/C=C\C/C=C\C/C=C\CCCCCCCCC(=O)OC(COC(=O)CCCCCCCCCCCCCCCCCCCCCCCCC/C=C\C/C=C\CCCCCCC)COP(=O)(O)OCC[N+](C)(C)C. The molecule has 78 heavy (non-hydrogen) atoms. The second-order valence-electron chi connectivity index (χ2n) is 23.5. The van der Waals surface area contributed by atoms with Crippen molar-refractivity contribution in [1.82, 2.24) is 0 Å². The smallest absolute Gasteiger partial charge is 0.462 e. The summed E-state index contributed by atoms with van der Waals surface area (Å²) in [6, 6.07) is 0. The average molecular weight is 1120 g/mol. The molecule has 1 N–H and O–H groups in total. The molecule has 0 aliphatic carbocycles. The van der Waals surface area contributed by atoms with E-state index in [9.17, 15) is 19.0 Å². The highest BCUT2D eigenvalue weighted by Crippen LogP contribution is 2.43. The maximum Gasteiger partial charge on any atom is 0.472 e. The van der Waals surface area contributed by atoms with Gasteiger partial charge in [0, 0.05) is 12.8 Å². The molecule has 0 amide bonds. The summed E-state index contributed by atoms with van der Waals surface area (Å²) < 4.78 is 34.6. The van der Waals surface area contributed by atoms with Crippen LogP contribution in [0.25, 0.3) is 0 Å². The van der Waals surface area contributed by atoms with E-state index < -0.39 is 26.5 Å². The first kappa shape index (κ1) is 75.7. The zero-order valence-electron chi connectivity index (χ0n) is 51.9. The van der Waals surface area contributed by atoms with E-state index in [4.69, 9.17) is 18.5 Å². The van der Waals surface area contributed by atoms with Gasteiger partial charge in [0.25, 0.3) is 0 Å². The fourth-order valence-electron chi connectivity index (χ4n) is 9.41. The molecule has 0 rings (SSSR count). The molecule has 0 fully saturated rings. The predicted octanol–water partition coefficient (Wildman–Crippen LogP) is 21.0. The van der Waals surface area contributed by atoms with Gasteiger partial charge in [-0.1, -0.05) is 274 Å². The normalized spacial score (nSPS) is 13.6. The lowest BCUT2D eigenvalue weighted by atomic mass is 10.0. The second-order valence-corrected chi connectivity index (χ2v) is 25.0. The Labute approximate surface area is 483 Å². The molecule has 10 heteroatoms. The maximum absolute atomic E-state index is 12.8. The van der Waals surface area contributed by atoms with Crippen molar-refractivity contribution in [1.29, 1.82) is 0 Å². The Kier molecular flexibility index (Phi) is 57.6. The Balaban J connectivity index is 3.98. The van der Waals surface area contributed by atoms with Crippen LogP contribution in [-0.4, -0.2) is 74.9 Å². The van der Waals surface area contributed by atoms with Gasteiger partial charge in [0.15, 0.2) is 6.10 Å². The largest absolute Gasteiger partial charge is 0.472 e. The van der Waals surface area contributed by atoms with Gasteiger partial charge in [0.2, 0.25) is 0 Å². The van der Waals surface area contributed by atoms with Gasteiger partial charge in [-0.15, -0.1) is 0 Å². The van der Waals surface area contributed by atoms with Crippen molar-refractivity contribution in [2.75, 3.05) is 47.5 Å². The van der Waals surface area contributed by atoms with Crippen LogP contribution >= 0.6 is 7.82 Å². The first-order valence-corrected chi connectivity index (χ1v) is 34.5. The fraction of sp³-hybridized carbons (Fsp3) is 0.824. The molecule has 0 bridgehead atoms. The number of hydrogen-bond donors (Lipinski definition) is 1. The van der Waals surface area contributed by atoms with Crippen LogP contribution in [0.5, 0.6) is 0 Å². The van der Waals surface area contributed by atoms with Gasteiger partial charge in [-0.3, -0.25) is 18.6 Å². The number of ether oxygens (including phenoxy) is 2. The molecule has 0 spiro atoms. The summed E-state index contributed by atoms with van der Waals surface area (Å²) in [6.45, 7) is 4.41. The summed E-state index contributed by atoms with van der Waals surface area (Å²) in [7, 11) is 1.47. The standard InChI is InChI=1S/C68H126NO8P/c1-6-8-10-12-14-16-18-20-22-24-26-27-28-29-30-31-32-33-34-35-36-37-38-39-40-41-43-44-46-48-50-52-54-56-58-60-67(70)74-64-66(65-76-78(72,73)75-63-62-69(3,4)5)77-68(71)61-59-57-55-53-51-49-47-45-42-25-23-21-19-17-15-13-11-9-7-2/h15,17-18,20-21,23-24,26,42,45,66H,6-14,16,19,22,25,27-41,43-44,46-65H2,1-5H3/p+1/b17-15-,20-18-,23-21-,26-24-,45-42-. The average Bonchev–Trinajstić information content (AvgIpc) is 3.41. The third kappa shape index (κ3) is 62.9. The van der Waals surface area contributed by atoms with Gasteiger partial charge in [0.05, 0.1) is 27.7 Å². The van der Waals surface area contributed by atoms with Crippen molar-refractivity contribution < 1.29 is 42.1 Å². The highest BCUT2D eigenvalue weighted by atomic mass is 31.2. The summed E-state index contributed by atoms with van der Waals surface area (Å²) in [4.78, 5) is 35.8. The van der Waals surface area contributed by atoms with E-state index in [1.54, 1.807) is 0 Å². The molecule has 0 aliphatic rings. The summed E-state index contributed by atoms with van der Waals surface area (Å²) in [5.41, 5.74) is 0. The number of quaternary nitrogens is 1. The number of rotatable bonds is 61. The predicted molar refractivity (Wildman–Crippen MR) is 335 cm³/mol. The second kappa shape index (κ2) is 59.3. The molecule has 0 heterocycles. The number of allylic oxidation sites excluding steroid dienone is 10. The monoisotopic (exact) mass is 1120 g/mol. The number of phosphoric ester groups is 1. The molecular formula is C68H127NO8P+. The molecule has 0 saturated carbocycles. The fourth-order valence-corrected chi connectivity index (χ4v) is 10.2. The van der Waals surface area contributed by atoms with Crippen LogP contribution in [0.3, 0.4) is 0 Å². The highest BCUT2D eigenvalue weighted by Gasteiger charge is 2.27. The van der Waals surface area contributed by atoms with E-state index in [2.05, 4.69) is 74.6 Å². The minimum absolute atomic E-state index is 0.0286. The van der Waals surface area contributed by atoms with Crippen LogP contribution in [-0.2, 0) is 32.7 Å². The van der Waals surface area contributed by atoms with Gasteiger partial charge in [0.1, 0.15) is 19.8 Å². The van der Waals surface area contributed by atoms with Crippen LogP contribution in [0, 0.1) is 0 Å². The molecular weight excluding hydrogens is 990 g/mol. The summed E-state index contributed by atoms with van der Waals surface area (Å²) in [5.74, 6) is -0.801. The Morgan fingerprint density at radius 1 is 0.397 bits per heavy atom. The summed E-state index contributed by atoms with van der Waals surface area (Å²) >= 11 is 0. The Hall–Kier alpha value is -2.29. The van der Waals surface area contributed by atoms with Crippen LogP contribution in [0.4, 0.5) is 0 Å². The third-order valence-corrected chi connectivity index (χ3v) is 15.5. The molecule has 0 aromatic heterocycles. The van der Waals surface area contributed by atoms with Gasteiger partial charge in [-0.2, -0.15) is 0 Å². The lowest BCUT2D eigenvalue weighted by Crippen LogP contribution is -2.37. The van der Waals surface area contributed by atoms with Crippen LogP contribution in [0.15, 0.2) is 60.8 Å².